The molecule has 2 N–H and O–H groups in total. The van der Waals surface area contributed by atoms with E-state index in [1.807, 2.05) is 16.5 Å². The fourth-order valence-corrected chi connectivity index (χ4v) is 5.53. The van der Waals surface area contributed by atoms with Gasteiger partial charge in [-0.15, -0.1) is 10.2 Å². The number of aryl methyl sites for hydroxylation is 1. The van der Waals surface area contributed by atoms with Gasteiger partial charge in [-0.2, -0.15) is 4.98 Å². The Balaban J connectivity index is 1.37. The molecule has 4 heterocycles. The zero-order valence-electron chi connectivity index (χ0n) is 21.5. The second-order valence-electron chi connectivity index (χ2n) is 9.47. The van der Waals surface area contributed by atoms with E-state index in [0.717, 1.165) is 29.7 Å². The average molecular weight is 530 g/mol. The van der Waals surface area contributed by atoms with Crippen molar-refractivity contribution in [2.24, 2.45) is 0 Å². The number of nitrogens with zero attached hydrogens (tertiary/aromatic N) is 5. The number of hydrogen-bond donors (Lipinski definition) is 2. The van der Waals surface area contributed by atoms with E-state index in [9.17, 15) is 0 Å². The van der Waals surface area contributed by atoms with Crippen LogP contribution in [0.5, 0.6) is 11.5 Å². The van der Waals surface area contributed by atoms with Gasteiger partial charge in [0.25, 0.3) is 0 Å². The molecule has 194 valence electrons. The summed E-state index contributed by atoms with van der Waals surface area (Å²) < 4.78 is 12.8. The van der Waals surface area contributed by atoms with E-state index in [4.69, 9.17) is 26.1 Å². The van der Waals surface area contributed by atoms with E-state index in [2.05, 4.69) is 50.9 Å². The second-order valence-corrected chi connectivity index (χ2v) is 9.84. The number of methoxy groups -OCH3 is 2. The maximum atomic E-state index is 6.70. The van der Waals surface area contributed by atoms with Gasteiger partial charge in [-0.3, -0.25) is 4.40 Å². The molecule has 1 fully saturated rings. The molecule has 0 spiro atoms. The van der Waals surface area contributed by atoms with Gasteiger partial charge in [0.05, 0.1) is 19.2 Å². The number of benzene rings is 2. The van der Waals surface area contributed by atoms with E-state index < -0.39 is 0 Å². The molecule has 0 unspecified atom stereocenters. The Hall–Kier alpha value is -3.95. The van der Waals surface area contributed by atoms with Crippen LogP contribution >= 0.6 is 11.6 Å². The molecule has 38 heavy (non-hydrogen) atoms. The lowest BCUT2D eigenvalue weighted by Gasteiger charge is -2.24. The number of hydrogen-bond acceptors (Lipinski definition) is 8. The zero-order chi connectivity index (χ0) is 26.2. The lowest BCUT2D eigenvalue weighted by atomic mass is 9.87. The first-order valence-electron chi connectivity index (χ1n) is 12.6. The van der Waals surface area contributed by atoms with Crippen molar-refractivity contribution >= 4 is 39.9 Å². The molecular formula is C28H28ClN7O2. The fourth-order valence-electron chi connectivity index (χ4n) is 5.24. The van der Waals surface area contributed by atoms with Crippen molar-refractivity contribution in [1.82, 2.24) is 29.9 Å². The van der Waals surface area contributed by atoms with Gasteiger partial charge in [0.1, 0.15) is 17.8 Å². The van der Waals surface area contributed by atoms with E-state index in [0.29, 0.717) is 45.2 Å². The highest BCUT2D eigenvalue weighted by atomic mass is 35.5. The van der Waals surface area contributed by atoms with Gasteiger partial charge in [0.2, 0.25) is 5.95 Å². The molecular weight excluding hydrogens is 502 g/mol. The Labute approximate surface area is 225 Å². The van der Waals surface area contributed by atoms with Crippen molar-refractivity contribution in [3.05, 3.63) is 65.1 Å². The molecule has 0 radical (unpaired) electrons. The normalized spacial score (nSPS) is 14.2. The lowest BCUT2D eigenvalue weighted by Crippen LogP contribution is -2.26. The molecule has 5 aromatic rings. The predicted octanol–water partition coefficient (Wildman–Crippen LogP) is 5.53. The molecule has 0 saturated carbocycles. The Kier molecular flexibility index (Phi) is 6.47. The topological polar surface area (TPSA) is 98.5 Å². The van der Waals surface area contributed by atoms with Crippen LogP contribution in [0.25, 0.3) is 27.8 Å². The van der Waals surface area contributed by atoms with E-state index in [1.165, 1.54) is 24.0 Å². The van der Waals surface area contributed by atoms with Gasteiger partial charge in [0.15, 0.2) is 11.3 Å². The second kappa shape index (κ2) is 10.1. The number of piperidine rings is 1. The smallest absolute Gasteiger partial charge is 0.229 e. The summed E-state index contributed by atoms with van der Waals surface area (Å²) in [5, 5.41) is 16.6. The van der Waals surface area contributed by atoms with Crippen LogP contribution in [0.4, 0.5) is 11.6 Å². The number of anilines is 2. The van der Waals surface area contributed by atoms with Crippen LogP contribution in [0.1, 0.15) is 29.9 Å². The molecule has 0 amide bonds. The van der Waals surface area contributed by atoms with Crippen LogP contribution in [0.2, 0.25) is 5.02 Å². The summed E-state index contributed by atoms with van der Waals surface area (Å²) in [4.78, 5) is 9.40. The summed E-state index contributed by atoms with van der Waals surface area (Å²) in [6.45, 7) is 4.32. The first kappa shape index (κ1) is 24.4. The minimum Gasteiger partial charge on any atom is -0.497 e. The summed E-state index contributed by atoms with van der Waals surface area (Å²) in [6.07, 6.45) is 5.77. The summed E-state index contributed by atoms with van der Waals surface area (Å²) in [5.41, 5.74) is 6.43. The molecule has 10 heteroatoms. The highest BCUT2D eigenvalue weighted by molar-refractivity contribution is 6.35. The summed E-state index contributed by atoms with van der Waals surface area (Å²) in [5.74, 6) is 2.24. The third-order valence-electron chi connectivity index (χ3n) is 7.18. The van der Waals surface area contributed by atoms with Crippen molar-refractivity contribution in [1.29, 1.82) is 0 Å². The molecule has 0 aliphatic carbocycles. The summed E-state index contributed by atoms with van der Waals surface area (Å²) in [7, 11) is 3.17. The van der Waals surface area contributed by atoms with Gasteiger partial charge in [-0.1, -0.05) is 17.7 Å². The standard InChI is InChI=1S/C28H28ClN7O2/c1-16-10-19(4-5-21(16)17-6-8-30-9-7-17)33-28-31-14-18-11-23(27-35-32-15-36(27)26(18)34-28)22-12-20(37-2)13-24(38-3)25(22)29/h4-5,10-15,17,30H,6-9H2,1-3H3,(H,31,33,34). The van der Waals surface area contributed by atoms with Gasteiger partial charge >= 0.3 is 0 Å². The van der Waals surface area contributed by atoms with Crippen molar-refractivity contribution in [3.8, 4) is 22.6 Å². The third kappa shape index (κ3) is 4.37. The van der Waals surface area contributed by atoms with Crippen LogP contribution in [0, 0.1) is 6.92 Å². The fraction of sp³-hybridized carbons (Fsp3) is 0.286. The van der Waals surface area contributed by atoms with Crippen molar-refractivity contribution in [3.63, 3.8) is 0 Å². The molecule has 1 aliphatic heterocycles. The largest absolute Gasteiger partial charge is 0.497 e. The zero-order valence-corrected chi connectivity index (χ0v) is 22.2. The SMILES string of the molecule is COc1cc(OC)c(Cl)c(-c2cc3cnc(Nc4ccc(C5CCNCC5)c(C)c4)nc3n3cnnc23)c1. The molecule has 9 nitrogen and oxygen atoms in total. The number of nitrogens with one attached hydrogen (secondary N) is 2. The van der Waals surface area contributed by atoms with Gasteiger partial charge in [-0.05, 0) is 74.2 Å². The van der Waals surface area contributed by atoms with Gasteiger partial charge in [0, 0.05) is 34.5 Å². The van der Waals surface area contributed by atoms with E-state index >= 15 is 0 Å². The van der Waals surface area contributed by atoms with E-state index in [-0.39, 0.29) is 0 Å². The number of rotatable bonds is 6. The molecule has 3 aromatic heterocycles. The maximum Gasteiger partial charge on any atom is 0.229 e. The van der Waals surface area contributed by atoms with E-state index in [1.54, 1.807) is 32.8 Å². The van der Waals surface area contributed by atoms with Gasteiger partial charge < -0.3 is 20.1 Å². The quantitative estimate of drug-likeness (QED) is 0.296. The Morgan fingerprint density at radius 2 is 1.87 bits per heavy atom. The molecule has 0 atom stereocenters. The molecule has 1 saturated heterocycles. The van der Waals surface area contributed by atoms with Crippen LogP contribution in [-0.4, -0.2) is 51.9 Å². The number of halogens is 1. The molecule has 0 bridgehead atoms. The average Bonchev–Trinajstić information content (AvgIpc) is 3.44. The Bertz CT molecular complexity index is 1650. The maximum absolute atomic E-state index is 6.70. The van der Waals surface area contributed by atoms with Crippen molar-refractivity contribution in [2.75, 3.05) is 32.6 Å². The van der Waals surface area contributed by atoms with Crippen LogP contribution < -0.4 is 20.1 Å². The minimum absolute atomic E-state index is 0.458. The first-order valence-corrected chi connectivity index (χ1v) is 12.9. The number of pyridine rings is 1. The number of fused-ring (bicyclic) bond motifs is 3. The van der Waals surface area contributed by atoms with Crippen LogP contribution in [0.15, 0.2) is 48.9 Å². The van der Waals surface area contributed by atoms with Crippen molar-refractivity contribution < 1.29 is 9.47 Å². The predicted molar refractivity (Wildman–Crippen MR) is 149 cm³/mol. The Morgan fingerprint density at radius 3 is 2.63 bits per heavy atom. The Morgan fingerprint density at radius 1 is 1.03 bits per heavy atom. The third-order valence-corrected chi connectivity index (χ3v) is 7.57. The lowest BCUT2D eigenvalue weighted by molar-refractivity contribution is 0.395. The first-order chi connectivity index (χ1) is 18.6. The highest BCUT2D eigenvalue weighted by Gasteiger charge is 2.19. The van der Waals surface area contributed by atoms with Gasteiger partial charge in [-0.25, -0.2) is 4.98 Å². The highest BCUT2D eigenvalue weighted by Crippen LogP contribution is 2.41. The van der Waals surface area contributed by atoms with Crippen LogP contribution in [-0.2, 0) is 0 Å². The molecule has 1 aliphatic rings. The molecule has 6 rings (SSSR count). The number of aromatic nitrogens is 5. The monoisotopic (exact) mass is 529 g/mol. The van der Waals surface area contributed by atoms with Crippen LogP contribution in [0.3, 0.4) is 0 Å². The summed E-state index contributed by atoms with van der Waals surface area (Å²) in [6, 6.07) is 12.1. The number of ether oxygens (including phenoxy) is 2. The molecule has 2 aromatic carbocycles. The summed E-state index contributed by atoms with van der Waals surface area (Å²) >= 11 is 6.70. The minimum atomic E-state index is 0.458. The van der Waals surface area contributed by atoms with Crippen molar-refractivity contribution in [2.45, 2.75) is 25.7 Å².